The lowest BCUT2D eigenvalue weighted by atomic mass is 10.3. The normalized spacial score (nSPS) is 11.2. The smallest absolute Gasteiger partial charge is 0.185 e. The van der Waals surface area contributed by atoms with E-state index in [1.54, 1.807) is 40.6 Å². The number of rotatable bonds is 2. The predicted octanol–water partition coefficient (Wildman–Crippen LogP) is 2.24. The van der Waals surface area contributed by atoms with E-state index in [2.05, 4.69) is 25.3 Å². The summed E-state index contributed by atoms with van der Waals surface area (Å²) in [7, 11) is 0. The van der Waals surface area contributed by atoms with Crippen molar-refractivity contribution < 1.29 is 0 Å². The maximum absolute atomic E-state index is 4.51. The molecule has 4 aromatic heterocycles. The molecule has 19 heavy (non-hydrogen) atoms. The number of hydrogen-bond donors (Lipinski definition) is 1. The van der Waals surface area contributed by atoms with Crippen LogP contribution in [0.1, 0.15) is 0 Å². The Kier molecular flexibility index (Phi) is 2.18. The van der Waals surface area contributed by atoms with Gasteiger partial charge < -0.3 is 0 Å². The number of aromatic nitrogens is 6. The quantitative estimate of drug-likeness (QED) is 0.605. The van der Waals surface area contributed by atoms with Crippen LogP contribution in [0.15, 0.2) is 42.3 Å². The van der Waals surface area contributed by atoms with Crippen LogP contribution >= 0.6 is 11.3 Å². The molecular weight excluding hydrogens is 260 g/mol. The van der Waals surface area contributed by atoms with Crippen molar-refractivity contribution in [3.05, 3.63) is 42.3 Å². The van der Waals surface area contributed by atoms with Crippen LogP contribution in [-0.2, 0) is 0 Å². The number of fused-ring (bicyclic) bond motifs is 1. The first kappa shape index (κ1) is 10.4. The zero-order chi connectivity index (χ0) is 12.7. The Bertz CT molecular complexity index is 829. The highest BCUT2D eigenvalue weighted by Gasteiger charge is 2.12. The first-order valence-electron chi connectivity index (χ1n) is 5.66. The third-order valence-corrected chi connectivity index (χ3v) is 3.68. The topological polar surface area (TPSA) is 71.8 Å². The molecule has 0 spiro atoms. The van der Waals surface area contributed by atoms with Gasteiger partial charge in [0.1, 0.15) is 0 Å². The van der Waals surface area contributed by atoms with Crippen LogP contribution in [0.3, 0.4) is 0 Å². The molecule has 0 aliphatic carbocycles. The molecular formula is C12H8N6S. The van der Waals surface area contributed by atoms with Crippen molar-refractivity contribution in [2.45, 2.75) is 0 Å². The molecule has 4 heterocycles. The molecule has 4 aromatic rings. The van der Waals surface area contributed by atoms with Crippen LogP contribution in [0.25, 0.3) is 27.6 Å². The van der Waals surface area contributed by atoms with Gasteiger partial charge in [-0.25, -0.2) is 9.50 Å². The van der Waals surface area contributed by atoms with Gasteiger partial charge in [0.2, 0.25) is 0 Å². The summed E-state index contributed by atoms with van der Waals surface area (Å²) >= 11 is 1.62. The van der Waals surface area contributed by atoms with E-state index in [1.807, 2.05) is 17.5 Å². The molecule has 0 saturated heterocycles. The van der Waals surface area contributed by atoms with Gasteiger partial charge in [0.15, 0.2) is 11.6 Å². The first-order chi connectivity index (χ1) is 9.42. The van der Waals surface area contributed by atoms with Crippen LogP contribution < -0.4 is 0 Å². The number of nitrogens with one attached hydrogen (secondary N) is 1. The second kappa shape index (κ2) is 3.99. The Morgan fingerprint density at radius 2 is 2.26 bits per heavy atom. The maximum Gasteiger partial charge on any atom is 0.185 e. The summed E-state index contributed by atoms with van der Waals surface area (Å²) in [5.41, 5.74) is 1.76. The minimum Gasteiger partial charge on any atom is -0.261 e. The Labute approximate surface area is 111 Å². The molecule has 0 aromatic carbocycles. The standard InChI is InChI=1S/C12H8N6S/c1-2-10(19-5-1)12-15-11(16-17-12)8-6-14-18-4-3-13-7-9(8)18/h1-7H,(H,15,16,17). The zero-order valence-electron chi connectivity index (χ0n) is 9.69. The minimum atomic E-state index is 0.631. The lowest BCUT2D eigenvalue weighted by Gasteiger charge is -1.92. The van der Waals surface area contributed by atoms with Gasteiger partial charge in [-0.3, -0.25) is 10.1 Å². The molecule has 4 rings (SSSR count). The molecule has 1 N–H and O–H groups in total. The van der Waals surface area contributed by atoms with Gasteiger partial charge in [-0.1, -0.05) is 6.07 Å². The van der Waals surface area contributed by atoms with E-state index in [4.69, 9.17) is 0 Å². The lowest BCUT2D eigenvalue weighted by molar-refractivity contribution is 0.946. The van der Waals surface area contributed by atoms with Crippen molar-refractivity contribution in [1.82, 2.24) is 29.8 Å². The molecule has 6 nitrogen and oxygen atoms in total. The monoisotopic (exact) mass is 268 g/mol. The fourth-order valence-electron chi connectivity index (χ4n) is 1.91. The summed E-state index contributed by atoms with van der Waals surface area (Å²) in [6.07, 6.45) is 6.99. The van der Waals surface area contributed by atoms with E-state index < -0.39 is 0 Å². The van der Waals surface area contributed by atoms with E-state index in [9.17, 15) is 0 Å². The van der Waals surface area contributed by atoms with Crippen LogP contribution in [0.4, 0.5) is 0 Å². The third kappa shape index (κ3) is 1.63. The highest BCUT2D eigenvalue weighted by molar-refractivity contribution is 7.13. The van der Waals surface area contributed by atoms with Gasteiger partial charge in [0.25, 0.3) is 0 Å². The molecule has 0 saturated carbocycles. The van der Waals surface area contributed by atoms with Crippen molar-refractivity contribution >= 4 is 16.9 Å². The van der Waals surface area contributed by atoms with E-state index in [0.717, 1.165) is 21.8 Å². The number of thiophene rings is 1. The number of H-pyrrole nitrogens is 1. The van der Waals surface area contributed by atoms with E-state index in [0.29, 0.717) is 5.82 Å². The van der Waals surface area contributed by atoms with Crippen LogP contribution in [0, 0.1) is 0 Å². The van der Waals surface area contributed by atoms with Crippen LogP contribution in [0.5, 0.6) is 0 Å². The summed E-state index contributed by atoms with van der Waals surface area (Å²) in [6, 6.07) is 3.99. The average molecular weight is 268 g/mol. The van der Waals surface area contributed by atoms with Gasteiger partial charge in [-0.2, -0.15) is 10.2 Å². The lowest BCUT2D eigenvalue weighted by Crippen LogP contribution is -1.86. The number of aromatic amines is 1. The highest BCUT2D eigenvalue weighted by atomic mass is 32.1. The van der Waals surface area contributed by atoms with Gasteiger partial charge in [-0.05, 0) is 11.4 Å². The number of nitrogens with zero attached hydrogens (tertiary/aromatic N) is 5. The maximum atomic E-state index is 4.51. The average Bonchev–Trinajstić information content (AvgIpc) is 3.18. The van der Waals surface area contributed by atoms with Crippen molar-refractivity contribution in [1.29, 1.82) is 0 Å². The molecule has 0 fully saturated rings. The molecule has 7 heteroatoms. The Morgan fingerprint density at radius 3 is 3.16 bits per heavy atom. The molecule has 0 aliphatic heterocycles. The van der Waals surface area contributed by atoms with E-state index in [-0.39, 0.29) is 0 Å². The fourth-order valence-corrected chi connectivity index (χ4v) is 2.58. The number of hydrogen-bond acceptors (Lipinski definition) is 5. The largest absolute Gasteiger partial charge is 0.261 e. The zero-order valence-corrected chi connectivity index (χ0v) is 10.5. The van der Waals surface area contributed by atoms with Crippen LogP contribution in [0.2, 0.25) is 0 Å². The Balaban J connectivity index is 1.85. The first-order valence-corrected chi connectivity index (χ1v) is 6.54. The van der Waals surface area contributed by atoms with E-state index in [1.165, 1.54) is 0 Å². The van der Waals surface area contributed by atoms with Crippen molar-refractivity contribution in [3.8, 4) is 22.1 Å². The van der Waals surface area contributed by atoms with Crippen molar-refractivity contribution in [3.63, 3.8) is 0 Å². The summed E-state index contributed by atoms with van der Waals surface area (Å²) in [5.74, 6) is 1.40. The molecule has 0 atom stereocenters. The second-order valence-electron chi connectivity index (χ2n) is 3.95. The van der Waals surface area contributed by atoms with Gasteiger partial charge in [0.05, 0.1) is 28.4 Å². The van der Waals surface area contributed by atoms with Gasteiger partial charge >= 0.3 is 0 Å². The summed E-state index contributed by atoms with van der Waals surface area (Å²) in [6.45, 7) is 0. The van der Waals surface area contributed by atoms with Crippen molar-refractivity contribution in [2.75, 3.05) is 0 Å². The Morgan fingerprint density at radius 1 is 1.26 bits per heavy atom. The van der Waals surface area contributed by atoms with Gasteiger partial charge in [0, 0.05) is 12.4 Å². The predicted molar refractivity (Wildman–Crippen MR) is 71.7 cm³/mol. The van der Waals surface area contributed by atoms with Crippen LogP contribution in [-0.4, -0.2) is 29.8 Å². The highest BCUT2D eigenvalue weighted by Crippen LogP contribution is 2.25. The summed E-state index contributed by atoms with van der Waals surface area (Å²) in [4.78, 5) is 9.67. The molecule has 0 radical (unpaired) electrons. The van der Waals surface area contributed by atoms with Gasteiger partial charge in [-0.15, -0.1) is 11.3 Å². The summed E-state index contributed by atoms with van der Waals surface area (Å²) < 4.78 is 1.75. The SMILES string of the molecule is c1csc(-c2nc(-c3cnn4ccncc34)n[nH]2)c1. The summed E-state index contributed by atoms with van der Waals surface area (Å²) in [5, 5.41) is 13.5. The third-order valence-electron chi connectivity index (χ3n) is 2.81. The van der Waals surface area contributed by atoms with E-state index >= 15 is 0 Å². The Hall–Kier alpha value is -2.54. The second-order valence-corrected chi connectivity index (χ2v) is 4.90. The molecule has 92 valence electrons. The molecule has 0 bridgehead atoms. The molecule has 0 aliphatic rings. The van der Waals surface area contributed by atoms with Crippen molar-refractivity contribution in [2.24, 2.45) is 0 Å². The fraction of sp³-hybridized carbons (Fsp3) is 0. The minimum absolute atomic E-state index is 0.631. The molecule has 0 unspecified atom stereocenters. The molecule has 0 amide bonds.